The van der Waals surface area contributed by atoms with Crippen molar-refractivity contribution in [2.75, 3.05) is 20.8 Å². The lowest BCUT2D eigenvalue weighted by molar-refractivity contribution is -0.139. The Morgan fingerprint density at radius 2 is 1.74 bits per heavy atom. The summed E-state index contributed by atoms with van der Waals surface area (Å²) >= 11 is 4.81. The molecule has 0 unspecified atom stereocenters. The second kappa shape index (κ2) is 14.6. The normalized spacial score (nSPS) is 14.5. The second-order valence-electron chi connectivity index (χ2n) is 10.8. The molecule has 3 aromatic carbocycles. The number of rotatable bonds is 11. The lowest BCUT2D eigenvalue weighted by Crippen LogP contribution is -2.40. The summed E-state index contributed by atoms with van der Waals surface area (Å²) in [4.78, 5) is 32.6. The highest BCUT2D eigenvalue weighted by Crippen LogP contribution is 2.37. The zero-order chi connectivity index (χ0) is 33.8. The van der Waals surface area contributed by atoms with Gasteiger partial charge >= 0.3 is 5.97 Å². The Labute approximate surface area is 283 Å². The van der Waals surface area contributed by atoms with E-state index < -0.39 is 12.0 Å². The summed E-state index contributed by atoms with van der Waals surface area (Å²) in [5, 5.41) is 0. The molecule has 246 valence electrons. The van der Waals surface area contributed by atoms with E-state index >= 15 is 0 Å². The number of halogens is 2. The van der Waals surface area contributed by atoms with E-state index in [1.165, 1.54) is 42.3 Å². The van der Waals surface area contributed by atoms with E-state index in [-0.39, 0.29) is 36.3 Å². The first-order chi connectivity index (χ1) is 22.5. The number of thiazole rings is 1. The average Bonchev–Trinajstić information content (AvgIpc) is 3.34. The van der Waals surface area contributed by atoms with Crippen LogP contribution >= 0.6 is 27.3 Å². The molecule has 5 rings (SSSR count). The standard InChI is InChI=1S/C35H34BrFN2O7S/c1-7-44-34(41)31-20(4)38-35-39(32(31)22-10-13-26(46-19(2)3)27(14-22)42-5)33(40)30(47-35)16-23-15-28(43-6)29(17-25(23)36)45-18-21-8-11-24(37)12-9-21/h8-17,19,32H,7,18H2,1-6H3/b30-16-/t32-/m1/s1. The molecule has 9 nitrogen and oxygen atoms in total. The van der Waals surface area contributed by atoms with Crippen LogP contribution in [0.25, 0.3) is 6.08 Å². The minimum absolute atomic E-state index is 0.0852. The molecule has 1 aliphatic rings. The van der Waals surface area contributed by atoms with E-state index in [0.29, 0.717) is 53.6 Å². The smallest absolute Gasteiger partial charge is 0.338 e. The van der Waals surface area contributed by atoms with Gasteiger partial charge in [-0.05, 0) is 86.9 Å². The number of nitrogens with zero attached hydrogens (tertiary/aromatic N) is 2. The van der Waals surface area contributed by atoms with Crippen LogP contribution in [0.15, 0.2) is 80.1 Å². The van der Waals surface area contributed by atoms with E-state index in [4.69, 9.17) is 23.7 Å². The maximum atomic E-state index is 14.2. The van der Waals surface area contributed by atoms with Crippen LogP contribution in [0, 0.1) is 5.82 Å². The Kier molecular flexibility index (Phi) is 10.5. The van der Waals surface area contributed by atoms with Crippen LogP contribution < -0.4 is 33.8 Å². The molecule has 1 aromatic heterocycles. The molecule has 0 spiro atoms. The molecule has 0 bridgehead atoms. The number of carbonyl (C=O) groups excluding carboxylic acids is 1. The fourth-order valence-electron chi connectivity index (χ4n) is 5.13. The number of methoxy groups -OCH3 is 2. The topological polar surface area (TPSA) is 97.6 Å². The Morgan fingerprint density at radius 1 is 1.04 bits per heavy atom. The monoisotopic (exact) mass is 724 g/mol. The van der Waals surface area contributed by atoms with Crippen molar-refractivity contribution in [1.29, 1.82) is 0 Å². The minimum atomic E-state index is -0.824. The third-order valence-corrected chi connectivity index (χ3v) is 8.93. The molecule has 2 heterocycles. The first kappa shape index (κ1) is 33.9. The highest BCUT2D eigenvalue weighted by atomic mass is 79.9. The third kappa shape index (κ3) is 7.28. The van der Waals surface area contributed by atoms with Crippen molar-refractivity contribution < 1.29 is 32.9 Å². The van der Waals surface area contributed by atoms with Gasteiger partial charge in [-0.1, -0.05) is 45.5 Å². The van der Waals surface area contributed by atoms with E-state index in [0.717, 1.165) is 5.56 Å². The van der Waals surface area contributed by atoms with Crippen molar-refractivity contribution in [1.82, 2.24) is 4.57 Å². The van der Waals surface area contributed by atoms with Gasteiger partial charge in [0.1, 0.15) is 12.4 Å². The van der Waals surface area contributed by atoms with Gasteiger partial charge in [0.2, 0.25) is 0 Å². The van der Waals surface area contributed by atoms with Crippen LogP contribution in [0.5, 0.6) is 23.0 Å². The molecular formula is C35H34BrFN2O7S. The van der Waals surface area contributed by atoms with Gasteiger partial charge in [0, 0.05) is 4.47 Å². The van der Waals surface area contributed by atoms with E-state index in [2.05, 4.69) is 20.9 Å². The van der Waals surface area contributed by atoms with Crippen LogP contribution in [0.3, 0.4) is 0 Å². The van der Waals surface area contributed by atoms with Crippen molar-refractivity contribution in [2.45, 2.75) is 46.4 Å². The van der Waals surface area contributed by atoms with Gasteiger partial charge in [-0.15, -0.1) is 0 Å². The van der Waals surface area contributed by atoms with Gasteiger partial charge in [0.15, 0.2) is 27.8 Å². The van der Waals surface area contributed by atoms with E-state index in [9.17, 15) is 14.0 Å². The number of ether oxygens (including phenoxy) is 5. The Balaban J connectivity index is 1.59. The summed E-state index contributed by atoms with van der Waals surface area (Å²) in [5.74, 6) is 1.04. The molecule has 12 heteroatoms. The molecule has 0 saturated carbocycles. The molecular weight excluding hydrogens is 691 g/mol. The summed E-state index contributed by atoms with van der Waals surface area (Å²) < 4.78 is 44.4. The number of esters is 1. The van der Waals surface area contributed by atoms with Crippen LogP contribution in [0.2, 0.25) is 0 Å². The summed E-state index contributed by atoms with van der Waals surface area (Å²) in [5.41, 5.74) is 2.46. The van der Waals surface area contributed by atoms with Crippen LogP contribution in [-0.4, -0.2) is 37.5 Å². The Morgan fingerprint density at radius 3 is 2.40 bits per heavy atom. The molecule has 0 radical (unpaired) electrons. The van der Waals surface area contributed by atoms with Gasteiger partial charge in [-0.25, -0.2) is 14.2 Å². The third-order valence-electron chi connectivity index (χ3n) is 7.26. The first-order valence-corrected chi connectivity index (χ1v) is 16.4. The average molecular weight is 726 g/mol. The molecule has 0 saturated heterocycles. The lowest BCUT2D eigenvalue weighted by Gasteiger charge is -2.25. The molecule has 0 aliphatic carbocycles. The quantitative estimate of drug-likeness (QED) is 0.173. The number of fused-ring (bicyclic) bond motifs is 1. The van der Waals surface area contributed by atoms with Crippen molar-refractivity contribution in [2.24, 2.45) is 4.99 Å². The van der Waals surface area contributed by atoms with Crippen molar-refractivity contribution in [3.05, 3.63) is 113 Å². The number of aromatic nitrogens is 1. The van der Waals surface area contributed by atoms with Crippen LogP contribution in [0.1, 0.15) is 50.4 Å². The van der Waals surface area contributed by atoms with E-state index in [1.54, 1.807) is 56.3 Å². The van der Waals surface area contributed by atoms with Gasteiger partial charge in [-0.3, -0.25) is 9.36 Å². The molecule has 0 amide bonds. The first-order valence-electron chi connectivity index (χ1n) is 14.8. The van der Waals surface area contributed by atoms with Crippen LogP contribution in [-0.2, 0) is 16.1 Å². The predicted molar refractivity (Wildman–Crippen MR) is 181 cm³/mol. The lowest BCUT2D eigenvalue weighted by atomic mass is 9.95. The highest BCUT2D eigenvalue weighted by Gasteiger charge is 2.34. The molecule has 47 heavy (non-hydrogen) atoms. The number of hydrogen-bond acceptors (Lipinski definition) is 9. The van der Waals surface area contributed by atoms with Gasteiger partial charge in [0.05, 0.1) is 48.8 Å². The SMILES string of the molecule is CCOC(=O)C1=C(C)N=c2s/c(=C\c3cc(OC)c(OCc4ccc(F)cc4)cc3Br)c(=O)n2[C@@H]1c1ccc(OC(C)C)c(OC)c1. The summed E-state index contributed by atoms with van der Waals surface area (Å²) in [6.45, 7) is 7.66. The maximum absolute atomic E-state index is 14.2. The predicted octanol–water partition coefficient (Wildman–Crippen LogP) is 6.08. The second-order valence-corrected chi connectivity index (χ2v) is 12.7. The molecule has 0 N–H and O–H groups in total. The van der Waals surface area contributed by atoms with Gasteiger partial charge < -0.3 is 23.7 Å². The maximum Gasteiger partial charge on any atom is 0.338 e. The van der Waals surface area contributed by atoms with Gasteiger partial charge in [-0.2, -0.15) is 0 Å². The fourth-order valence-corrected chi connectivity index (χ4v) is 6.60. The zero-order valence-corrected chi connectivity index (χ0v) is 29.2. The van der Waals surface area contributed by atoms with Crippen molar-refractivity contribution in [3.63, 3.8) is 0 Å². The highest BCUT2D eigenvalue weighted by molar-refractivity contribution is 9.10. The number of benzene rings is 3. The summed E-state index contributed by atoms with van der Waals surface area (Å²) in [7, 11) is 3.06. The number of allylic oxidation sites excluding steroid dienone is 1. The zero-order valence-electron chi connectivity index (χ0n) is 26.8. The molecule has 0 fully saturated rings. The summed E-state index contributed by atoms with van der Waals surface area (Å²) in [6, 6.07) is 14.1. The molecule has 1 atom stereocenters. The molecule has 4 aromatic rings. The minimum Gasteiger partial charge on any atom is -0.493 e. The largest absolute Gasteiger partial charge is 0.493 e. The Bertz CT molecular complexity index is 2020. The van der Waals surface area contributed by atoms with Crippen LogP contribution in [0.4, 0.5) is 4.39 Å². The Hall–Kier alpha value is -4.42. The summed E-state index contributed by atoms with van der Waals surface area (Å²) in [6.07, 6.45) is 1.65. The van der Waals surface area contributed by atoms with Crippen molar-refractivity contribution in [3.8, 4) is 23.0 Å². The molecule has 1 aliphatic heterocycles. The fraction of sp³-hybridized carbons (Fsp3) is 0.286. The van der Waals surface area contributed by atoms with Gasteiger partial charge in [0.25, 0.3) is 5.56 Å². The number of carbonyl (C=O) groups is 1. The number of hydrogen-bond donors (Lipinski definition) is 0. The van der Waals surface area contributed by atoms with Crippen molar-refractivity contribution >= 4 is 39.3 Å². The van der Waals surface area contributed by atoms with E-state index in [1.807, 2.05) is 19.9 Å².